The Balaban J connectivity index is 2.05. The van der Waals surface area contributed by atoms with Gasteiger partial charge in [0.05, 0.1) is 6.10 Å². The highest BCUT2D eigenvalue weighted by atomic mass is 16.5. The number of benzene rings is 1. The van der Waals surface area contributed by atoms with E-state index in [4.69, 9.17) is 4.74 Å². The van der Waals surface area contributed by atoms with E-state index in [0.717, 1.165) is 6.42 Å². The number of aromatic hydroxyl groups is 1. The number of aliphatic hydroxyl groups excluding tert-OH is 1. The van der Waals surface area contributed by atoms with Gasteiger partial charge in [-0.25, -0.2) is 4.79 Å². The standard InChI is InChI=1S/C28H35NO5/c1-3-4-5-6-7-8-18-26(32)29-19-12-16-23-20-25(31)21(2)13-9-10-14-22-15-11-17-24(30)27(22)28(33)34-23/h4-12,15,17-19,21,23,25,30-31H,3,13-14,16,20H2,1-2H3,(H,29,32)/b5-4-,7-6-,10-9+,18-8-,19-12+/t21-,23-,25+/m0/s1. The number of amides is 1. The van der Waals surface area contributed by atoms with Crippen LogP contribution in [0.5, 0.6) is 5.75 Å². The van der Waals surface area contributed by atoms with E-state index in [2.05, 4.69) is 5.32 Å². The molecule has 3 atom stereocenters. The van der Waals surface area contributed by atoms with Crippen molar-refractivity contribution in [2.75, 3.05) is 0 Å². The lowest BCUT2D eigenvalue weighted by Gasteiger charge is -2.24. The molecule has 0 aliphatic carbocycles. The van der Waals surface area contributed by atoms with Crippen molar-refractivity contribution in [1.82, 2.24) is 5.32 Å². The minimum absolute atomic E-state index is 0.00503. The number of rotatable bonds is 7. The Kier molecular flexibility index (Phi) is 11.6. The van der Waals surface area contributed by atoms with Crippen LogP contribution in [0.25, 0.3) is 0 Å². The minimum atomic E-state index is -0.662. The number of carbonyl (C=O) groups is 2. The van der Waals surface area contributed by atoms with E-state index < -0.39 is 18.2 Å². The van der Waals surface area contributed by atoms with Gasteiger partial charge in [0.2, 0.25) is 5.91 Å². The topological polar surface area (TPSA) is 95.9 Å². The Morgan fingerprint density at radius 1 is 1.18 bits per heavy atom. The molecule has 0 unspecified atom stereocenters. The molecule has 1 heterocycles. The Bertz CT molecular complexity index is 958. The van der Waals surface area contributed by atoms with E-state index in [1.807, 2.05) is 44.2 Å². The van der Waals surface area contributed by atoms with E-state index in [1.165, 1.54) is 18.3 Å². The van der Waals surface area contributed by atoms with Gasteiger partial charge in [-0.05, 0) is 36.8 Å². The summed E-state index contributed by atoms with van der Waals surface area (Å²) in [7, 11) is 0. The molecule has 0 bridgehead atoms. The molecule has 6 heteroatoms. The van der Waals surface area contributed by atoms with Crippen LogP contribution in [0.15, 0.2) is 79.1 Å². The number of aliphatic hydroxyl groups is 1. The number of esters is 1. The number of cyclic esters (lactones) is 1. The maximum atomic E-state index is 12.9. The summed E-state index contributed by atoms with van der Waals surface area (Å²) < 4.78 is 5.69. The van der Waals surface area contributed by atoms with Crippen molar-refractivity contribution in [2.45, 2.75) is 58.2 Å². The molecule has 34 heavy (non-hydrogen) atoms. The van der Waals surface area contributed by atoms with Crippen LogP contribution in [0, 0.1) is 5.92 Å². The zero-order valence-corrected chi connectivity index (χ0v) is 19.9. The van der Waals surface area contributed by atoms with E-state index >= 15 is 0 Å². The largest absolute Gasteiger partial charge is 0.507 e. The Hall–Kier alpha value is -3.38. The summed E-state index contributed by atoms with van der Waals surface area (Å²) in [6, 6.07) is 4.94. The van der Waals surface area contributed by atoms with Gasteiger partial charge in [0.25, 0.3) is 0 Å². The van der Waals surface area contributed by atoms with E-state index in [1.54, 1.807) is 30.4 Å². The smallest absolute Gasteiger partial charge is 0.342 e. The zero-order valence-electron chi connectivity index (χ0n) is 19.9. The molecule has 0 saturated heterocycles. The number of fused-ring (bicyclic) bond motifs is 1. The molecule has 1 aromatic rings. The van der Waals surface area contributed by atoms with Gasteiger partial charge < -0.3 is 20.3 Å². The lowest BCUT2D eigenvalue weighted by atomic mass is 9.93. The molecule has 2 rings (SSSR count). The van der Waals surface area contributed by atoms with Crippen LogP contribution in [0.1, 0.15) is 55.5 Å². The van der Waals surface area contributed by atoms with Gasteiger partial charge in [0.1, 0.15) is 17.4 Å². The molecule has 0 fully saturated rings. The summed E-state index contributed by atoms with van der Waals surface area (Å²) in [5.41, 5.74) is 0.826. The van der Waals surface area contributed by atoms with Crippen LogP contribution in [-0.4, -0.2) is 34.3 Å². The highest BCUT2D eigenvalue weighted by Crippen LogP contribution is 2.26. The maximum absolute atomic E-state index is 12.9. The molecule has 1 aromatic carbocycles. The molecule has 182 valence electrons. The van der Waals surface area contributed by atoms with Crippen LogP contribution in [0.2, 0.25) is 0 Å². The van der Waals surface area contributed by atoms with Gasteiger partial charge in [-0.1, -0.05) is 74.6 Å². The summed E-state index contributed by atoms with van der Waals surface area (Å²) >= 11 is 0. The molecule has 0 aromatic heterocycles. The predicted octanol–water partition coefficient (Wildman–Crippen LogP) is 4.91. The van der Waals surface area contributed by atoms with Gasteiger partial charge in [-0.2, -0.15) is 0 Å². The van der Waals surface area contributed by atoms with Crippen LogP contribution in [0.4, 0.5) is 0 Å². The lowest BCUT2D eigenvalue weighted by molar-refractivity contribution is -0.115. The summed E-state index contributed by atoms with van der Waals surface area (Å²) in [5, 5.41) is 23.5. The molecule has 6 nitrogen and oxygen atoms in total. The predicted molar refractivity (Wildman–Crippen MR) is 134 cm³/mol. The number of nitrogens with one attached hydrogen (secondary N) is 1. The average Bonchev–Trinajstić information content (AvgIpc) is 2.80. The first-order valence-corrected chi connectivity index (χ1v) is 11.7. The van der Waals surface area contributed by atoms with Gasteiger partial charge in [0.15, 0.2) is 0 Å². The highest BCUT2D eigenvalue weighted by molar-refractivity contribution is 5.94. The molecular formula is C28H35NO5. The van der Waals surface area contributed by atoms with Gasteiger partial charge in [-0.15, -0.1) is 0 Å². The Morgan fingerprint density at radius 2 is 1.97 bits per heavy atom. The zero-order chi connectivity index (χ0) is 24.8. The summed E-state index contributed by atoms with van der Waals surface area (Å²) in [6.45, 7) is 4.00. The van der Waals surface area contributed by atoms with Crippen LogP contribution < -0.4 is 5.32 Å². The minimum Gasteiger partial charge on any atom is -0.507 e. The maximum Gasteiger partial charge on any atom is 0.342 e. The van der Waals surface area contributed by atoms with Crippen molar-refractivity contribution >= 4 is 11.9 Å². The first kappa shape index (κ1) is 26.9. The molecule has 3 N–H and O–H groups in total. The van der Waals surface area contributed by atoms with Crippen molar-refractivity contribution in [3.63, 3.8) is 0 Å². The monoisotopic (exact) mass is 465 g/mol. The van der Waals surface area contributed by atoms with E-state index in [0.29, 0.717) is 24.8 Å². The van der Waals surface area contributed by atoms with Gasteiger partial charge in [0, 0.05) is 25.1 Å². The van der Waals surface area contributed by atoms with Crippen LogP contribution >= 0.6 is 0 Å². The number of allylic oxidation sites excluding steroid dienone is 7. The Morgan fingerprint density at radius 3 is 2.76 bits per heavy atom. The number of ether oxygens (including phenoxy) is 1. The lowest BCUT2D eigenvalue weighted by Crippen LogP contribution is -2.28. The molecule has 0 saturated carbocycles. The number of hydrogen-bond acceptors (Lipinski definition) is 5. The third kappa shape index (κ3) is 9.24. The third-order valence-corrected chi connectivity index (χ3v) is 5.48. The summed E-state index contributed by atoms with van der Waals surface area (Å²) in [4.78, 5) is 24.8. The second-order valence-electron chi connectivity index (χ2n) is 8.26. The summed E-state index contributed by atoms with van der Waals surface area (Å²) in [5.74, 6) is -1.05. The first-order valence-electron chi connectivity index (χ1n) is 11.7. The highest BCUT2D eigenvalue weighted by Gasteiger charge is 2.25. The van der Waals surface area contributed by atoms with Crippen LogP contribution in [0.3, 0.4) is 0 Å². The fraction of sp³-hybridized carbons (Fsp3) is 0.357. The quantitative estimate of drug-likeness (QED) is 0.230. The molecule has 1 aliphatic heterocycles. The SMILES string of the molecule is CC\C=C/C=C\C=C/C(=O)N/C=C/C[C@H]1C[C@@H](O)[C@@H](C)C/C=C/Cc2cccc(O)c2C(=O)O1. The molecule has 0 spiro atoms. The van der Waals surface area contributed by atoms with Crippen LogP contribution in [-0.2, 0) is 16.0 Å². The molecule has 1 amide bonds. The van der Waals surface area contributed by atoms with Crippen molar-refractivity contribution in [3.8, 4) is 5.75 Å². The third-order valence-electron chi connectivity index (χ3n) is 5.48. The summed E-state index contributed by atoms with van der Waals surface area (Å²) in [6.07, 6.45) is 19.1. The van der Waals surface area contributed by atoms with Gasteiger partial charge >= 0.3 is 5.97 Å². The van der Waals surface area contributed by atoms with Crippen molar-refractivity contribution in [3.05, 3.63) is 90.2 Å². The molecular weight excluding hydrogens is 430 g/mol. The number of carbonyl (C=O) groups excluding carboxylic acids is 2. The van der Waals surface area contributed by atoms with Crippen molar-refractivity contribution in [1.29, 1.82) is 0 Å². The fourth-order valence-corrected chi connectivity index (χ4v) is 3.47. The number of hydrogen-bond donors (Lipinski definition) is 3. The van der Waals surface area contributed by atoms with Gasteiger partial charge in [-0.3, -0.25) is 4.79 Å². The van der Waals surface area contributed by atoms with Crippen molar-refractivity contribution in [2.24, 2.45) is 5.92 Å². The Labute approximate surface area is 202 Å². The molecule has 1 aliphatic rings. The number of phenolic OH excluding ortho intramolecular Hbond substituents is 1. The second kappa shape index (κ2) is 14.7. The van der Waals surface area contributed by atoms with E-state index in [-0.39, 0.29) is 29.6 Å². The normalized spacial score (nSPS) is 23.0. The fourth-order valence-electron chi connectivity index (χ4n) is 3.47. The number of phenols is 1. The first-order chi connectivity index (χ1) is 16.4. The van der Waals surface area contributed by atoms with E-state index in [9.17, 15) is 19.8 Å². The molecule has 0 radical (unpaired) electrons. The van der Waals surface area contributed by atoms with Crippen molar-refractivity contribution < 1.29 is 24.5 Å². The second-order valence-corrected chi connectivity index (χ2v) is 8.26. The average molecular weight is 466 g/mol.